The van der Waals surface area contributed by atoms with E-state index in [1.54, 1.807) is 18.2 Å². The topological polar surface area (TPSA) is 117 Å². The largest absolute Gasteiger partial charge is 0.392 e. The van der Waals surface area contributed by atoms with E-state index in [2.05, 4.69) is 48.1 Å². The van der Waals surface area contributed by atoms with Crippen LogP contribution >= 0.6 is 11.3 Å². The van der Waals surface area contributed by atoms with E-state index in [0.717, 1.165) is 16.8 Å². The highest BCUT2D eigenvalue weighted by Gasteiger charge is 2.22. The molecule has 0 saturated heterocycles. The van der Waals surface area contributed by atoms with Crippen molar-refractivity contribution in [2.24, 2.45) is 0 Å². The number of halogens is 1. The Morgan fingerprint density at radius 3 is 2.88 bits per heavy atom. The van der Waals surface area contributed by atoms with Gasteiger partial charge in [-0.1, -0.05) is 18.4 Å². The molecular formula is C24H19FN6O2S. The number of aromatic nitrogens is 5. The van der Waals surface area contributed by atoms with Crippen molar-refractivity contribution in [3.8, 4) is 23.2 Å². The Bertz CT molecular complexity index is 1400. The first kappa shape index (κ1) is 21.9. The smallest absolute Gasteiger partial charge is 0.259 e. The van der Waals surface area contributed by atoms with Gasteiger partial charge in [0, 0.05) is 28.1 Å². The predicted molar refractivity (Wildman–Crippen MR) is 125 cm³/mol. The van der Waals surface area contributed by atoms with Gasteiger partial charge in [-0.15, -0.1) is 21.5 Å². The second-order valence-electron chi connectivity index (χ2n) is 7.88. The van der Waals surface area contributed by atoms with Crippen LogP contribution in [0.3, 0.4) is 0 Å². The molecule has 34 heavy (non-hydrogen) atoms. The normalized spacial score (nSPS) is 13.1. The fraction of sp³-hybridized carbons (Fsp3) is 0.208. The summed E-state index contributed by atoms with van der Waals surface area (Å²) in [4.78, 5) is 17.5. The summed E-state index contributed by atoms with van der Waals surface area (Å²) in [6.45, 7) is -0.534. The van der Waals surface area contributed by atoms with Crippen molar-refractivity contribution in [1.82, 2.24) is 25.6 Å². The van der Waals surface area contributed by atoms with Crippen molar-refractivity contribution < 1.29 is 14.3 Å². The maximum atomic E-state index is 14.8. The number of tetrazole rings is 1. The number of aromatic amines is 1. The molecule has 1 fully saturated rings. The van der Waals surface area contributed by atoms with E-state index >= 15 is 0 Å². The van der Waals surface area contributed by atoms with Crippen LogP contribution in [0.4, 0.5) is 10.1 Å². The number of nitrogens with one attached hydrogen (secondary N) is 2. The molecule has 0 aliphatic heterocycles. The van der Waals surface area contributed by atoms with Crippen LogP contribution in [0.1, 0.15) is 57.4 Å². The standard InChI is InChI=1S/C24H19FN6O2S/c25-19-11-16(23-28-30-31-29-23)10-17(12-32)22(19)24(33)26-18-6-1-3-14(9-18)7-8-21-27-20(13-34-21)15-4-2-5-15/h1,3,6,9-11,13,15,32H,2,4-5,12H2,(H,26,33)(H,28,29,30,31). The van der Waals surface area contributed by atoms with E-state index in [1.807, 2.05) is 6.07 Å². The molecule has 0 spiro atoms. The molecule has 0 radical (unpaired) electrons. The van der Waals surface area contributed by atoms with Gasteiger partial charge in [0.15, 0.2) is 5.01 Å². The number of hydrogen-bond donors (Lipinski definition) is 3. The monoisotopic (exact) mass is 474 g/mol. The zero-order valence-corrected chi connectivity index (χ0v) is 18.7. The third-order valence-electron chi connectivity index (χ3n) is 5.65. The van der Waals surface area contributed by atoms with Gasteiger partial charge in [-0.05, 0) is 59.9 Å². The molecule has 1 amide bonds. The molecular weight excluding hydrogens is 455 g/mol. The van der Waals surface area contributed by atoms with Gasteiger partial charge < -0.3 is 10.4 Å². The molecule has 8 nitrogen and oxygen atoms in total. The molecule has 2 heterocycles. The predicted octanol–water partition coefficient (Wildman–Crippen LogP) is 3.87. The average molecular weight is 475 g/mol. The van der Waals surface area contributed by atoms with Crippen molar-refractivity contribution >= 4 is 22.9 Å². The van der Waals surface area contributed by atoms with Gasteiger partial charge in [0.1, 0.15) is 5.82 Å². The number of aliphatic hydroxyl groups excluding tert-OH is 1. The number of thiazole rings is 1. The quantitative estimate of drug-likeness (QED) is 0.378. The number of aliphatic hydroxyl groups is 1. The Labute approximate surface area is 198 Å². The number of rotatable bonds is 5. The van der Waals surface area contributed by atoms with Crippen LogP contribution in [0.2, 0.25) is 0 Å². The first-order chi connectivity index (χ1) is 16.6. The molecule has 1 saturated carbocycles. The van der Waals surface area contributed by atoms with Crippen LogP contribution in [-0.4, -0.2) is 36.6 Å². The summed E-state index contributed by atoms with van der Waals surface area (Å²) in [5.74, 6) is 5.39. The van der Waals surface area contributed by atoms with Crippen molar-refractivity contribution in [2.75, 3.05) is 5.32 Å². The van der Waals surface area contributed by atoms with Gasteiger partial charge in [0.2, 0.25) is 5.82 Å². The first-order valence-corrected chi connectivity index (χ1v) is 11.5. The van der Waals surface area contributed by atoms with Crippen LogP contribution in [-0.2, 0) is 6.61 Å². The number of carbonyl (C=O) groups excluding carboxylic acids is 1. The second-order valence-corrected chi connectivity index (χ2v) is 8.73. The molecule has 170 valence electrons. The summed E-state index contributed by atoms with van der Waals surface area (Å²) in [6, 6.07) is 9.55. The Kier molecular flexibility index (Phi) is 6.12. The van der Waals surface area contributed by atoms with Gasteiger partial charge in [0.05, 0.1) is 17.9 Å². The lowest BCUT2D eigenvalue weighted by atomic mass is 9.83. The maximum absolute atomic E-state index is 14.8. The zero-order valence-electron chi connectivity index (χ0n) is 17.9. The minimum absolute atomic E-state index is 0.110. The number of anilines is 1. The Balaban J connectivity index is 1.34. The summed E-state index contributed by atoms with van der Waals surface area (Å²) in [5.41, 5.74) is 2.42. The van der Waals surface area contributed by atoms with Crippen LogP contribution in [0.15, 0.2) is 41.8 Å². The van der Waals surface area contributed by atoms with E-state index in [4.69, 9.17) is 0 Å². The molecule has 0 atom stereocenters. The van der Waals surface area contributed by atoms with E-state index < -0.39 is 18.3 Å². The molecule has 1 aliphatic rings. The SMILES string of the molecule is O=C(Nc1cccc(C#Cc2nc(C3CCC3)cs2)c1)c1c(F)cc(-c2nn[nH]n2)cc1CO. The average Bonchev–Trinajstić information content (AvgIpc) is 3.49. The molecule has 3 N–H and O–H groups in total. The first-order valence-electron chi connectivity index (χ1n) is 10.7. The molecule has 4 aromatic rings. The minimum Gasteiger partial charge on any atom is -0.392 e. The highest BCUT2D eigenvalue weighted by atomic mass is 32.1. The van der Waals surface area contributed by atoms with Crippen LogP contribution in [0.25, 0.3) is 11.4 Å². The molecule has 10 heteroatoms. The number of H-pyrrole nitrogens is 1. The summed E-state index contributed by atoms with van der Waals surface area (Å²) < 4.78 is 14.8. The molecule has 0 unspecified atom stereocenters. The summed E-state index contributed by atoms with van der Waals surface area (Å²) in [6.07, 6.45) is 3.64. The Morgan fingerprint density at radius 2 is 2.15 bits per heavy atom. The lowest BCUT2D eigenvalue weighted by molar-refractivity contribution is 0.102. The van der Waals surface area contributed by atoms with E-state index in [1.165, 1.54) is 36.7 Å². The van der Waals surface area contributed by atoms with Crippen molar-refractivity contribution in [3.63, 3.8) is 0 Å². The number of amides is 1. The third kappa shape index (κ3) is 4.57. The summed E-state index contributed by atoms with van der Waals surface area (Å²) in [5, 5.41) is 28.6. The molecule has 1 aliphatic carbocycles. The zero-order chi connectivity index (χ0) is 23.5. The maximum Gasteiger partial charge on any atom is 0.259 e. The summed E-state index contributed by atoms with van der Waals surface area (Å²) >= 11 is 1.53. The van der Waals surface area contributed by atoms with E-state index in [-0.39, 0.29) is 17.0 Å². The van der Waals surface area contributed by atoms with E-state index in [0.29, 0.717) is 22.7 Å². The Hall–Kier alpha value is -3.94. The molecule has 2 aromatic carbocycles. The third-order valence-corrected chi connectivity index (χ3v) is 6.43. The summed E-state index contributed by atoms with van der Waals surface area (Å²) in [7, 11) is 0. The van der Waals surface area contributed by atoms with Gasteiger partial charge in [-0.2, -0.15) is 5.21 Å². The molecule has 2 aromatic heterocycles. The van der Waals surface area contributed by atoms with Gasteiger partial charge in [0.25, 0.3) is 5.91 Å². The number of nitrogens with zero attached hydrogens (tertiary/aromatic N) is 4. The number of hydrogen-bond acceptors (Lipinski definition) is 7. The number of carbonyl (C=O) groups is 1. The highest BCUT2D eigenvalue weighted by molar-refractivity contribution is 7.10. The Morgan fingerprint density at radius 1 is 1.26 bits per heavy atom. The fourth-order valence-electron chi connectivity index (χ4n) is 3.68. The van der Waals surface area contributed by atoms with Gasteiger partial charge in [-0.25, -0.2) is 9.37 Å². The molecule has 5 rings (SSSR count). The molecule has 0 bridgehead atoms. The van der Waals surface area contributed by atoms with Crippen LogP contribution in [0, 0.1) is 17.7 Å². The fourth-order valence-corrected chi connectivity index (χ4v) is 4.43. The van der Waals surface area contributed by atoms with Crippen molar-refractivity contribution in [3.05, 3.63) is 75.0 Å². The van der Waals surface area contributed by atoms with E-state index in [9.17, 15) is 14.3 Å². The van der Waals surface area contributed by atoms with Gasteiger partial charge >= 0.3 is 0 Å². The lowest BCUT2D eigenvalue weighted by Crippen LogP contribution is -2.17. The van der Waals surface area contributed by atoms with Crippen molar-refractivity contribution in [2.45, 2.75) is 31.8 Å². The van der Waals surface area contributed by atoms with Crippen molar-refractivity contribution in [1.29, 1.82) is 0 Å². The van der Waals surface area contributed by atoms with Crippen LogP contribution in [0.5, 0.6) is 0 Å². The van der Waals surface area contributed by atoms with Crippen LogP contribution < -0.4 is 5.32 Å². The highest BCUT2D eigenvalue weighted by Crippen LogP contribution is 2.36. The number of benzene rings is 2. The minimum atomic E-state index is -0.800. The lowest BCUT2D eigenvalue weighted by Gasteiger charge is -2.22. The second kappa shape index (κ2) is 9.51. The van der Waals surface area contributed by atoms with Gasteiger partial charge in [-0.3, -0.25) is 4.79 Å².